The Kier molecular flexibility index (Phi) is 6.10. The van der Waals surface area contributed by atoms with Crippen LogP contribution < -0.4 is 0 Å². The Bertz CT molecular complexity index is 375. The van der Waals surface area contributed by atoms with Crippen molar-refractivity contribution in [3.63, 3.8) is 0 Å². The topological polar surface area (TPSA) is 20.3 Å². The van der Waals surface area contributed by atoms with Crippen LogP contribution in [0.2, 0.25) is 10.0 Å². The summed E-state index contributed by atoms with van der Waals surface area (Å²) < 4.78 is 0. The van der Waals surface area contributed by atoms with Gasteiger partial charge in [-0.1, -0.05) is 23.2 Å². The molecule has 0 radical (unpaired) electrons. The van der Waals surface area contributed by atoms with Crippen LogP contribution in [0.1, 0.15) is 23.7 Å². The Hall–Kier alpha value is -0.440. The van der Waals surface area contributed by atoms with E-state index >= 15 is 0 Å². The number of halogens is 3. The Morgan fingerprint density at radius 3 is 2.29 bits per heavy atom. The van der Waals surface area contributed by atoms with Crippen LogP contribution in [0.4, 0.5) is 0 Å². The monoisotopic (exact) mass is 293 g/mol. The maximum Gasteiger partial charge on any atom is 0.253 e. The van der Waals surface area contributed by atoms with E-state index in [0.717, 1.165) is 6.42 Å². The molecule has 1 rings (SSSR count). The van der Waals surface area contributed by atoms with Gasteiger partial charge >= 0.3 is 0 Å². The average molecular weight is 295 g/mol. The number of nitrogens with zero attached hydrogens (tertiary/aromatic N) is 1. The van der Waals surface area contributed by atoms with Crippen LogP contribution in [-0.4, -0.2) is 29.8 Å². The molecule has 0 fully saturated rings. The van der Waals surface area contributed by atoms with Crippen molar-refractivity contribution in [1.29, 1.82) is 0 Å². The molecule has 0 aliphatic rings. The van der Waals surface area contributed by atoms with Crippen LogP contribution in [0.5, 0.6) is 0 Å². The molecule has 0 atom stereocenters. The van der Waals surface area contributed by atoms with Gasteiger partial charge in [-0.25, -0.2) is 0 Å². The number of hydrogen-bond acceptors (Lipinski definition) is 1. The maximum atomic E-state index is 12.2. The standard InChI is InChI=1S/C12H14Cl3NO/c1-2-16(5-3-4-13)12(17)9-6-10(14)8-11(15)7-9/h6-8H,2-5H2,1H3. The largest absolute Gasteiger partial charge is 0.339 e. The molecular weight excluding hydrogens is 280 g/mol. The second kappa shape index (κ2) is 7.10. The highest BCUT2D eigenvalue weighted by Gasteiger charge is 2.14. The number of carbonyl (C=O) groups is 1. The molecule has 0 aromatic heterocycles. The molecule has 0 heterocycles. The SMILES string of the molecule is CCN(CCCCl)C(=O)c1cc(Cl)cc(Cl)c1. The van der Waals surface area contributed by atoms with E-state index < -0.39 is 0 Å². The molecule has 0 spiro atoms. The van der Waals surface area contributed by atoms with E-state index in [1.807, 2.05) is 6.92 Å². The van der Waals surface area contributed by atoms with Crippen LogP contribution in [-0.2, 0) is 0 Å². The summed E-state index contributed by atoms with van der Waals surface area (Å²) in [5.41, 5.74) is 0.513. The van der Waals surface area contributed by atoms with Gasteiger partial charge in [-0.2, -0.15) is 0 Å². The molecule has 0 N–H and O–H groups in total. The number of alkyl halides is 1. The number of hydrogen-bond donors (Lipinski definition) is 0. The number of carbonyl (C=O) groups excluding carboxylic acids is 1. The van der Waals surface area contributed by atoms with Gasteiger partial charge in [-0.05, 0) is 31.5 Å². The van der Waals surface area contributed by atoms with Crippen LogP contribution in [0, 0.1) is 0 Å². The molecule has 5 heteroatoms. The van der Waals surface area contributed by atoms with Gasteiger partial charge in [0.1, 0.15) is 0 Å². The van der Waals surface area contributed by atoms with Crippen molar-refractivity contribution < 1.29 is 4.79 Å². The van der Waals surface area contributed by atoms with Crippen molar-refractivity contribution >= 4 is 40.7 Å². The third kappa shape index (κ3) is 4.38. The zero-order chi connectivity index (χ0) is 12.8. The summed E-state index contributed by atoms with van der Waals surface area (Å²) in [7, 11) is 0. The van der Waals surface area contributed by atoms with Crippen LogP contribution in [0.3, 0.4) is 0 Å². The lowest BCUT2D eigenvalue weighted by atomic mass is 10.2. The van der Waals surface area contributed by atoms with Crippen molar-refractivity contribution in [2.24, 2.45) is 0 Å². The highest BCUT2D eigenvalue weighted by molar-refractivity contribution is 6.35. The lowest BCUT2D eigenvalue weighted by Crippen LogP contribution is -2.32. The Morgan fingerprint density at radius 2 is 1.82 bits per heavy atom. The molecule has 0 unspecified atom stereocenters. The smallest absolute Gasteiger partial charge is 0.253 e. The summed E-state index contributed by atoms with van der Waals surface area (Å²) >= 11 is 17.4. The Morgan fingerprint density at radius 1 is 1.24 bits per heavy atom. The normalized spacial score (nSPS) is 10.4. The summed E-state index contributed by atoms with van der Waals surface area (Å²) in [6.07, 6.45) is 0.773. The lowest BCUT2D eigenvalue weighted by Gasteiger charge is -2.20. The van der Waals surface area contributed by atoms with Gasteiger partial charge in [0.25, 0.3) is 5.91 Å². The number of amides is 1. The van der Waals surface area contributed by atoms with Gasteiger partial charge in [0, 0.05) is 34.6 Å². The molecule has 0 saturated heterocycles. The first-order chi connectivity index (χ1) is 8.08. The van der Waals surface area contributed by atoms with Crippen molar-refractivity contribution in [2.75, 3.05) is 19.0 Å². The van der Waals surface area contributed by atoms with Gasteiger partial charge in [-0.3, -0.25) is 4.79 Å². The van der Waals surface area contributed by atoms with E-state index in [4.69, 9.17) is 34.8 Å². The van der Waals surface area contributed by atoms with E-state index in [-0.39, 0.29) is 5.91 Å². The molecule has 1 amide bonds. The summed E-state index contributed by atoms with van der Waals surface area (Å²) in [5.74, 6) is 0.474. The highest BCUT2D eigenvalue weighted by Crippen LogP contribution is 2.20. The van der Waals surface area contributed by atoms with Gasteiger partial charge in [0.05, 0.1) is 0 Å². The van der Waals surface area contributed by atoms with E-state index in [1.54, 1.807) is 23.1 Å². The van der Waals surface area contributed by atoms with Crippen molar-refractivity contribution in [1.82, 2.24) is 4.90 Å². The quantitative estimate of drug-likeness (QED) is 0.749. The molecular formula is C12H14Cl3NO. The highest BCUT2D eigenvalue weighted by atomic mass is 35.5. The minimum atomic E-state index is -0.0676. The number of rotatable bonds is 5. The average Bonchev–Trinajstić information content (AvgIpc) is 2.28. The molecule has 1 aromatic rings. The van der Waals surface area contributed by atoms with Gasteiger partial charge in [-0.15, -0.1) is 11.6 Å². The molecule has 1 aromatic carbocycles. The van der Waals surface area contributed by atoms with Crippen LogP contribution in [0.15, 0.2) is 18.2 Å². The summed E-state index contributed by atoms with van der Waals surface area (Å²) in [5, 5.41) is 0.934. The fourth-order valence-corrected chi connectivity index (χ4v) is 2.16. The molecule has 0 bridgehead atoms. The van der Waals surface area contributed by atoms with Crippen molar-refractivity contribution in [3.05, 3.63) is 33.8 Å². The minimum absolute atomic E-state index is 0.0676. The predicted octanol–water partition coefficient (Wildman–Crippen LogP) is 4.08. The first-order valence-electron chi connectivity index (χ1n) is 5.39. The fraction of sp³-hybridized carbons (Fsp3) is 0.417. The summed E-state index contributed by atoms with van der Waals surface area (Å²) in [4.78, 5) is 13.9. The second-order valence-electron chi connectivity index (χ2n) is 3.59. The van der Waals surface area contributed by atoms with Crippen LogP contribution in [0.25, 0.3) is 0 Å². The lowest BCUT2D eigenvalue weighted by molar-refractivity contribution is 0.0765. The fourth-order valence-electron chi connectivity index (χ4n) is 1.51. The third-order valence-corrected chi connectivity index (χ3v) is 3.04. The predicted molar refractivity (Wildman–Crippen MR) is 73.4 cm³/mol. The molecule has 0 aliphatic heterocycles. The first kappa shape index (κ1) is 14.6. The van der Waals surface area contributed by atoms with E-state index in [1.165, 1.54) is 0 Å². The van der Waals surface area contributed by atoms with Crippen molar-refractivity contribution in [2.45, 2.75) is 13.3 Å². The van der Waals surface area contributed by atoms with Gasteiger partial charge in [0.15, 0.2) is 0 Å². The zero-order valence-electron chi connectivity index (χ0n) is 9.55. The van der Waals surface area contributed by atoms with E-state index in [0.29, 0.717) is 34.6 Å². The maximum absolute atomic E-state index is 12.2. The zero-order valence-corrected chi connectivity index (χ0v) is 11.8. The minimum Gasteiger partial charge on any atom is -0.339 e. The Labute approximate surface area is 116 Å². The Balaban J connectivity index is 2.85. The summed E-state index contributed by atoms with van der Waals surface area (Å²) in [6.45, 7) is 3.21. The van der Waals surface area contributed by atoms with E-state index in [2.05, 4.69) is 0 Å². The second-order valence-corrected chi connectivity index (χ2v) is 4.84. The first-order valence-corrected chi connectivity index (χ1v) is 6.69. The summed E-state index contributed by atoms with van der Waals surface area (Å²) in [6, 6.07) is 4.85. The molecule has 2 nitrogen and oxygen atoms in total. The van der Waals surface area contributed by atoms with Crippen molar-refractivity contribution in [3.8, 4) is 0 Å². The van der Waals surface area contributed by atoms with E-state index in [9.17, 15) is 4.79 Å². The number of benzene rings is 1. The van der Waals surface area contributed by atoms with Crippen LogP contribution >= 0.6 is 34.8 Å². The van der Waals surface area contributed by atoms with Gasteiger partial charge < -0.3 is 4.90 Å². The molecule has 0 aliphatic carbocycles. The molecule has 94 valence electrons. The third-order valence-electron chi connectivity index (χ3n) is 2.34. The molecule has 17 heavy (non-hydrogen) atoms. The molecule has 0 saturated carbocycles. The van der Waals surface area contributed by atoms with Gasteiger partial charge in [0.2, 0.25) is 0 Å².